The number of nitrogens with zero attached hydrogens (tertiary/aromatic N) is 1. The van der Waals surface area contributed by atoms with E-state index >= 15 is 0 Å². The SMILES string of the molecule is COc1cccc(CN(C(=O)COc2ccc(C)cc2C)C(C)C(=O)NC(C)(C)C)c1. The number of amides is 2. The molecule has 0 saturated carbocycles. The van der Waals surface area contributed by atoms with Crippen LogP contribution in [0.1, 0.15) is 44.4 Å². The molecule has 6 heteroatoms. The van der Waals surface area contributed by atoms with E-state index in [1.807, 2.05) is 77.1 Å². The average Bonchev–Trinajstić information content (AvgIpc) is 2.69. The van der Waals surface area contributed by atoms with E-state index in [9.17, 15) is 9.59 Å². The number of hydrogen-bond acceptors (Lipinski definition) is 4. The molecule has 0 aliphatic heterocycles. The summed E-state index contributed by atoms with van der Waals surface area (Å²) in [6.45, 7) is 11.5. The minimum atomic E-state index is -0.666. The largest absolute Gasteiger partial charge is 0.497 e. The van der Waals surface area contributed by atoms with Crippen LogP contribution in [0.2, 0.25) is 0 Å². The number of ether oxygens (including phenoxy) is 2. The normalized spacial score (nSPS) is 12.1. The lowest BCUT2D eigenvalue weighted by Crippen LogP contribution is -2.53. The van der Waals surface area contributed by atoms with E-state index < -0.39 is 11.6 Å². The first-order valence-corrected chi connectivity index (χ1v) is 10.4. The summed E-state index contributed by atoms with van der Waals surface area (Å²) in [5, 5.41) is 2.95. The van der Waals surface area contributed by atoms with E-state index in [-0.39, 0.29) is 25.0 Å². The minimum Gasteiger partial charge on any atom is -0.497 e. The zero-order chi connectivity index (χ0) is 23.2. The van der Waals surface area contributed by atoms with Crippen LogP contribution in [0.5, 0.6) is 11.5 Å². The van der Waals surface area contributed by atoms with Crippen LogP contribution in [-0.2, 0) is 16.1 Å². The first-order valence-electron chi connectivity index (χ1n) is 10.4. The fraction of sp³-hybridized carbons (Fsp3) is 0.440. The maximum absolute atomic E-state index is 13.2. The van der Waals surface area contributed by atoms with Gasteiger partial charge in [-0.15, -0.1) is 0 Å². The molecular formula is C25H34N2O4. The molecule has 1 atom stereocenters. The van der Waals surface area contributed by atoms with Crippen molar-refractivity contribution in [2.24, 2.45) is 0 Å². The van der Waals surface area contributed by atoms with Crippen molar-refractivity contribution in [3.63, 3.8) is 0 Å². The maximum atomic E-state index is 13.2. The molecule has 0 aliphatic carbocycles. The van der Waals surface area contributed by atoms with Crippen LogP contribution in [0, 0.1) is 13.8 Å². The van der Waals surface area contributed by atoms with Crippen LogP contribution in [0.4, 0.5) is 0 Å². The molecule has 0 fully saturated rings. The highest BCUT2D eigenvalue weighted by Crippen LogP contribution is 2.20. The Hall–Kier alpha value is -3.02. The second kappa shape index (κ2) is 10.3. The Kier molecular flexibility index (Phi) is 8.08. The van der Waals surface area contributed by atoms with Gasteiger partial charge in [-0.1, -0.05) is 29.8 Å². The molecule has 0 aliphatic rings. The van der Waals surface area contributed by atoms with Crippen molar-refractivity contribution in [1.29, 1.82) is 0 Å². The standard InChI is InChI=1S/C25H34N2O4/c1-17-11-12-22(18(2)13-17)31-16-23(28)27(19(3)24(29)26-25(4,5)6)15-20-9-8-10-21(14-20)30-7/h8-14,19H,15-16H2,1-7H3,(H,26,29). The first-order chi connectivity index (χ1) is 14.5. The lowest BCUT2D eigenvalue weighted by atomic mass is 10.1. The molecule has 0 bridgehead atoms. The predicted octanol–water partition coefficient (Wildman–Crippen LogP) is 4.02. The van der Waals surface area contributed by atoms with Crippen molar-refractivity contribution >= 4 is 11.8 Å². The molecule has 168 valence electrons. The summed E-state index contributed by atoms with van der Waals surface area (Å²) in [5.41, 5.74) is 2.56. The molecule has 2 amide bonds. The molecular weight excluding hydrogens is 392 g/mol. The van der Waals surface area contributed by atoms with Crippen LogP contribution in [0.3, 0.4) is 0 Å². The van der Waals surface area contributed by atoms with Crippen molar-refractivity contribution in [3.05, 3.63) is 59.2 Å². The van der Waals surface area contributed by atoms with Crippen LogP contribution in [0.15, 0.2) is 42.5 Å². The van der Waals surface area contributed by atoms with E-state index in [1.165, 1.54) is 0 Å². The van der Waals surface area contributed by atoms with Gasteiger partial charge in [-0.3, -0.25) is 9.59 Å². The molecule has 0 aromatic heterocycles. The molecule has 2 aromatic rings. The summed E-state index contributed by atoms with van der Waals surface area (Å²) < 4.78 is 11.1. The van der Waals surface area contributed by atoms with Crippen molar-refractivity contribution in [3.8, 4) is 11.5 Å². The Bertz CT molecular complexity index is 918. The van der Waals surface area contributed by atoms with Crippen molar-refractivity contribution in [2.75, 3.05) is 13.7 Å². The van der Waals surface area contributed by atoms with Crippen LogP contribution < -0.4 is 14.8 Å². The minimum absolute atomic E-state index is 0.152. The quantitative estimate of drug-likeness (QED) is 0.692. The zero-order valence-electron chi connectivity index (χ0n) is 19.6. The van der Waals surface area contributed by atoms with E-state index in [0.717, 1.165) is 16.7 Å². The number of hydrogen-bond donors (Lipinski definition) is 1. The van der Waals surface area contributed by atoms with Gasteiger partial charge in [0.15, 0.2) is 6.61 Å². The predicted molar refractivity (Wildman–Crippen MR) is 122 cm³/mol. The van der Waals surface area contributed by atoms with Gasteiger partial charge in [0.05, 0.1) is 7.11 Å². The number of aryl methyl sites for hydroxylation is 2. The van der Waals surface area contributed by atoms with Gasteiger partial charge < -0.3 is 19.7 Å². The molecule has 0 radical (unpaired) electrons. The van der Waals surface area contributed by atoms with E-state index in [2.05, 4.69) is 5.32 Å². The molecule has 1 N–H and O–H groups in total. The van der Waals surface area contributed by atoms with Gasteiger partial charge in [0, 0.05) is 12.1 Å². The summed E-state index contributed by atoms with van der Waals surface area (Å²) in [7, 11) is 1.60. The molecule has 0 heterocycles. The molecule has 0 saturated heterocycles. The number of nitrogens with one attached hydrogen (secondary N) is 1. The third-order valence-corrected chi connectivity index (χ3v) is 4.83. The Balaban J connectivity index is 2.22. The Morgan fingerprint density at radius 2 is 1.81 bits per heavy atom. The highest BCUT2D eigenvalue weighted by molar-refractivity contribution is 5.88. The topological polar surface area (TPSA) is 67.9 Å². The molecule has 2 aromatic carbocycles. The third-order valence-electron chi connectivity index (χ3n) is 4.83. The molecule has 1 unspecified atom stereocenters. The van der Waals surface area contributed by atoms with Gasteiger partial charge in [0.25, 0.3) is 5.91 Å². The van der Waals surface area contributed by atoms with Gasteiger partial charge in [-0.2, -0.15) is 0 Å². The van der Waals surface area contributed by atoms with Crippen LogP contribution in [0.25, 0.3) is 0 Å². The van der Waals surface area contributed by atoms with Gasteiger partial charge >= 0.3 is 0 Å². The monoisotopic (exact) mass is 426 g/mol. The lowest BCUT2D eigenvalue weighted by molar-refractivity contribution is -0.142. The third kappa shape index (κ3) is 7.31. The average molecular weight is 427 g/mol. The summed E-state index contributed by atoms with van der Waals surface area (Å²) in [5.74, 6) is 0.880. The fourth-order valence-corrected chi connectivity index (χ4v) is 3.21. The van der Waals surface area contributed by atoms with E-state index in [4.69, 9.17) is 9.47 Å². The van der Waals surface area contributed by atoms with Crippen molar-refractivity contribution in [2.45, 2.75) is 59.7 Å². The van der Waals surface area contributed by atoms with Gasteiger partial charge in [-0.05, 0) is 70.9 Å². The summed E-state index contributed by atoms with van der Waals surface area (Å²) in [6.07, 6.45) is 0. The zero-order valence-corrected chi connectivity index (χ0v) is 19.6. The molecule has 31 heavy (non-hydrogen) atoms. The highest BCUT2D eigenvalue weighted by Gasteiger charge is 2.28. The van der Waals surface area contributed by atoms with Crippen molar-refractivity contribution in [1.82, 2.24) is 10.2 Å². The number of benzene rings is 2. The second-order valence-corrected chi connectivity index (χ2v) is 8.85. The van der Waals surface area contributed by atoms with Gasteiger partial charge in [0.2, 0.25) is 5.91 Å². The number of carbonyl (C=O) groups is 2. The second-order valence-electron chi connectivity index (χ2n) is 8.85. The summed E-state index contributed by atoms with van der Waals surface area (Å²) >= 11 is 0. The van der Waals surface area contributed by atoms with Gasteiger partial charge in [-0.25, -0.2) is 0 Å². The smallest absolute Gasteiger partial charge is 0.261 e. The highest BCUT2D eigenvalue weighted by atomic mass is 16.5. The van der Waals surface area contributed by atoms with E-state index in [1.54, 1.807) is 18.9 Å². The Morgan fingerprint density at radius 1 is 1.10 bits per heavy atom. The molecule has 0 spiro atoms. The van der Waals surface area contributed by atoms with Crippen molar-refractivity contribution < 1.29 is 19.1 Å². The Labute approximate surface area is 185 Å². The number of carbonyl (C=O) groups excluding carboxylic acids is 2. The number of methoxy groups -OCH3 is 1. The molecule has 2 rings (SSSR count). The molecule has 6 nitrogen and oxygen atoms in total. The van der Waals surface area contributed by atoms with E-state index in [0.29, 0.717) is 11.5 Å². The van der Waals surface area contributed by atoms with Crippen LogP contribution >= 0.6 is 0 Å². The Morgan fingerprint density at radius 3 is 2.42 bits per heavy atom. The number of rotatable bonds is 8. The fourth-order valence-electron chi connectivity index (χ4n) is 3.21. The lowest BCUT2D eigenvalue weighted by Gasteiger charge is -2.31. The van der Waals surface area contributed by atoms with Crippen LogP contribution in [-0.4, -0.2) is 42.0 Å². The summed E-state index contributed by atoms with van der Waals surface area (Å²) in [4.78, 5) is 27.5. The maximum Gasteiger partial charge on any atom is 0.261 e. The first kappa shape index (κ1) is 24.3. The van der Waals surface area contributed by atoms with Gasteiger partial charge in [0.1, 0.15) is 17.5 Å². The summed E-state index contributed by atoms with van der Waals surface area (Å²) in [6, 6.07) is 12.6.